The van der Waals surface area contributed by atoms with Crippen molar-refractivity contribution >= 4 is 11.6 Å². The summed E-state index contributed by atoms with van der Waals surface area (Å²) >= 11 is 6.10. The second-order valence-electron chi connectivity index (χ2n) is 5.48. The molecular weight excluding hydrogens is 274 g/mol. The fourth-order valence-electron chi connectivity index (χ4n) is 2.05. The summed E-state index contributed by atoms with van der Waals surface area (Å²) in [6, 6.07) is 5.62. The van der Waals surface area contributed by atoms with Crippen molar-refractivity contribution in [1.82, 2.24) is 14.8 Å². The first-order valence-corrected chi connectivity index (χ1v) is 7.16. The lowest BCUT2D eigenvalue weighted by atomic mass is 10.0. The van der Waals surface area contributed by atoms with Crippen LogP contribution in [-0.2, 0) is 13.0 Å². The molecule has 1 heterocycles. The smallest absolute Gasteiger partial charge is 0.138 e. The molecule has 0 fully saturated rings. The molecule has 0 radical (unpaired) electrons. The third-order valence-electron chi connectivity index (χ3n) is 3.19. The van der Waals surface area contributed by atoms with Gasteiger partial charge in [0.25, 0.3) is 0 Å². The van der Waals surface area contributed by atoms with E-state index in [9.17, 15) is 5.11 Å². The molecule has 5 heteroatoms. The van der Waals surface area contributed by atoms with E-state index in [1.165, 1.54) is 6.33 Å². The largest absolute Gasteiger partial charge is 0.388 e. The monoisotopic (exact) mass is 293 g/mol. The van der Waals surface area contributed by atoms with Crippen molar-refractivity contribution in [3.8, 4) is 0 Å². The number of benzene rings is 1. The van der Waals surface area contributed by atoms with Gasteiger partial charge in [0.05, 0.1) is 6.10 Å². The Labute approximate surface area is 124 Å². The van der Waals surface area contributed by atoms with Crippen molar-refractivity contribution < 1.29 is 5.11 Å². The van der Waals surface area contributed by atoms with E-state index < -0.39 is 6.10 Å². The SMILES string of the molecule is Cc1ccc(C(O)Cc2ncnn2CC(C)C)cc1Cl. The summed E-state index contributed by atoms with van der Waals surface area (Å²) in [5.74, 6) is 1.28. The molecule has 2 aromatic rings. The number of aliphatic hydroxyl groups is 1. The van der Waals surface area contributed by atoms with Crippen molar-refractivity contribution in [3.05, 3.63) is 46.5 Å². The Kier molecular flexibility index (Phi) is 4.78. The number of rotatable bonds is 5. The van der Waals surface area contributed by atoms with E-state index in [2.05, 4.69) is 23.9 Å². The first-order valence-electron chi connectivity index (χ1n) is 6.78. The van der Waals surface area contributed by atoms with Crippen molar-refractivity contribution in [3.63, 3.8) is 0 Å². The first kappa shape index (κ1) is 15.0. The quantitative estimate of drug-likeness (QED) is 0.921. The predicted molar refractivity (Wildman–Crippen MR) is 79.7 cm³/mol. The van der Waals surface area contributed by atoms with Gasteiger partial charge in [-0.3, -0.25) is 0 Å². The zero-order valence-corrected chi connectivity index (χ0v) is 12.8. The Morgan fingerprint density at radius 2 is 2.10 bits per heavy atom. The van der Waals surface area contributed by atoms with Gasteiger partial charge in [-0.1, -0.05) is 37.6 Å². The molecule has 0 bridgehead atoms. The van der Waals surface area contributed by atoms with Crippen LogP contribution >= 0.6 is 11.6 Å². The molecule has 20 heavy (non-hydrogen) atoms. The van der Waals surface area contributed by atoms with Crippen LogP contribution in [-0.4, -0.2) is 19.9 Å². The third-order valence-corrected chi connectivity index (χ3v) is 3.60. The van der Waals surface area contributed by atoms with E-state index in [0.29, 0.717) is 17.4 Å². The Balaban J connectivity index is 2.13. The molecule has 0 spiro atoms. The maximum absolute atomic E-state index is 10.3. The summed E-state index contributed by atoms with van der Waals surface area (Å²) in [6.45, 7) is 7.00. The second-order valence-corrected chi connectivity index (χ2v) is 5.89. The van der Waals surface area contributed by atoms with E-state index in [4.69, 9.17) is 11.6 Å². The summed E-state index contributed by atoms with van der Waals surface area (Å²) in [7, 11) is 0. The minimum atomic E-state index is -0.622. The molecule has 1 atom stereocenters. The van der Waals surface area contributed by atoms with Gasteiger partial charge in [0.2, 0.25) is 0 Å². The second kappa shape index (κ2) is 6.37. The molecule has 0 saturated carbocycles. The van der Waals surface area contributed by atoms with Crippen LogP contribution in [0.15, 0.2) is 24.5 Å². The zero-order chi connectivity index (χ0) is 14.7. The van der Waals surface area contributed by atoms with Gasteiger partial charge in [0, 0.05) is 18.0 Å². The van der Waals surface area contributed by atoms with E-state index in [0.717, 1.165) is 23.5 Å². The highest BCUT2D eigenvalue weighted by Crippen LogP contribution is 2.23. The lowest BCUT2D eigenvalue weighted by Gasteiger charge is -2.13. The van der Waals surface area contributed by atoms with Gasteiger partial charge >= 0.3 is 0 Å². The summed E-state index contributed by atoms with van der Waals surface area (Å²) in [5.41, 5.74) is 1.81. The maximum atomic E-state index is 10.3. The van der Waals surface area contributed by atoms with Gasteiger partial charge in [0.1, 0.15) is 12.2 Å². The molecule has 2 rings (SSSR count). The van der Waals surface area contributed by atoms with Gasteiger partial charge < -0.3 is 5.11 Å². The maximum Gasteiger partial charge on any atom is 0.138 e. The Morgan fingerprint density at radius 3 is 2.75 bits per heavy atom. The molecule has 1 aromatic carbocycles. The molecular formula is C15H20ClN3O. The van der Waals surface area contributed by atoms with Crippen LogP contribution in [0.25, 0.3) is 0 Å². The average Bonchev–Trinajstić information content (AvgIpc) is 2.79. The fourth-order valence-corrected chi connectivity index (χ4v) is 2.24. The standard InChI is InChI=1S/C15H20ClN3O/c1-10(2)8-19-15(17-9-18-19)7-14(20)12-5-4-11(3)13(16)6-12/h4-6,9-10,14,20H,7-8H2,1-3H3. The van der Waals surface area contributed by atoms with Gasteiger partial charge in [-0.25, -0.2) is 9.67 Å². The van der Waals surface area contributed by atoms with Crippen LogP contribution in [0.3, 0.4) is 0 Å². The summed E-state index contributed by atoms with van der Waals surface area (Å²) in [4.78, 5) is 4.23. The minimum Gasteiger partial charge on any atom is -0.388 e. The van der Waals surface area contributed by atoms with E-state index in [1.807, 2.05) is 29.8 Å². The van der Waals surface area contributed by atoms with Gasteiger partial charge in [-0.15, -0.1) is 0 Å². The van der Waals surface area contributed by atoms with Crippen LogP contribution in [0, 0.1) is 12.8 Å². The van der Waals surface area contributed by atoms with Gasteiger partial charge in [-0.2, -0.15) is 5.10 Å². The molecule has 0 saturated heterocycles. The first-order chi connectivity index (χ1) is 9.47. The summed E-state index contributed by atoms with van der Waals surface area (Å²) < 4.78 is 1.85. The molecule has 1 aromatic heterocycles. The number of halogens is 1. The molecule has 1 N–H and O–H groups in total. The molecule has 0 aliphatic carbocycles. The molecule has 4 nitrogen and oxygen atoms in total. The number of hydrogen-bond acceptors (Lipinski definition) is 3. The Morgan fingerprint density at radius 1 is 1.35 bits per heavy atom. The topological polar surface area (TPSA) is 50.9 Å². The number of aliphatic hydroxyl groups excluding tert-OH is 1. The zero-order valence-electron chi connectivity index (χ0n) is 12.0. The predicted octanol–water partition coefficient (Wildman–Crippen LogP) is 3.17. The Bertz CT molecular complexity index is 580. The summed E-state index contributed by atoms with van der Waals surface area (Å²) in [5, 5.41) is 15.2. The van der Waals surface area contributed by atoms with Crippen molar-refractivity contribution in [1.29, 1.82) is 0 Å². The van der Waals surface area contributed by atoms with Crippen molar-refractivity contribution in [2.45, 2.75) is 39.8 Å². The minimum absolute atomic E-state index is 0.437. The average molecular weight is 294 g/mol. The van der Waals surface area contributed by atoms with Crippen LogP contribution in [0.2, 0.25) is 5.02 Å². The highest BCUT2D eigenvalue weighted by molar-refractivity contribution is 6.31. The van der Waals surface area contributed by atoms with Gasteiger partial charge in [-0.05, 0) is 30.0 Å². The van der Waals surface area contributed by atoms with Crippen molar-refractivity contribution in [2.24, 2.45) is 5.92 Å². The molecule has 0 amide bonds. The van der Waals surface area contributed by atoms with E-state index in [-0.39, 0.29) is 0 Å². The number of hydrogen-bond donors (Lipinski definition) is 1. The fraction of sp³-hybridized carbons (Fsp3) is 0.467. The number of aryl methyl sites for hydroxylation is 1. The molecule has 108 valence electrons. The lowest BCUT2D eigenvalue weighted by Crippen LogP contribution is -2.13. The van der Waals surface area contributed by atoms with Gasteiger partial charge in [0.15, 0.2) is 0 Å². The van der Waals surface area contributed by atoms with Crippen LogP contribution < -0.4 is 0 Å². The van der Waals surface area contributed by atoms with E-state index >= 15 is 0 Å². The molecule has 0 aliphatic heterocycles. The highest BCUT2D eigenvalue weighted by atomic mass is 35.5. The van der Waals surface area contributed by atoms with Crippen LogP contribution in [0.1, 0.15) is 36.9 Å². The van der Waals surface area contributed by atoms with Crippen LogP contribution in [0.5, 0.6) is 0 Å². The Hall–Kier alpha value is -1.39. The highest BCUT2D eigenvalue weighted by Gasteiger charge is 2.14. The number of nitrogens with zero attached hydrogens (tertiary/aromatic N) is 3. The van der Waals surface area contributed by atoms with Crippen molar-refractivity contribution in [2.75, 3.05) is 0 Å². The van der Waals surface area contributed by atoms with E-state index in [1.54, 1.807) is 0 Å². The normalized spacial score (nSPS) is 12.9. The summed E-state index contributed by atoms with van der Waals surface area (Å²) in [6.07, 6.45) is 1.35. The number of aromatic nitrogens is 3. The lowest BCUT2D eigenvalue weighted by molar-refractivity contribution is 0.173. The molecule has 1 unspecified atom stereocenters. The van der Waals surface area contributed by atoms with Crippen LogP contribution in [0.4, 0.5) is 0 Å². The molecule has 0 aliphatic rings. The third kappa shape index (κ3) is 3.58.